The van der Waals surface area contributed by atoms with Gasteiger partial charge in [0.1, 0.15) is 11.2 Å². The van der Waals surface area contributed by atoms with E-state index < -0.39 is 11.4 Å². The van der Waals surface area contributed by atoms with Crippen molar-refractivity contribution in [2.45, 2.75) is 0 Å². The van der Waals surface area contributed by atoms with E-state index in [1.807, 2.05) is 42.5 Å². The lowest BCUT2D eigenvalue weighted by atomic mass is 9.81. The van der Waals surface area contributed by atoms with Gasteiger partial charge in [0.2, 0.25) is 0 Å². The Morgan fingerprint density at radius 2 is 1.89 bits per heavy atom. The van der Waals surface area contributed by atoms with Gasteiger partial charge in [0.15, 0.2) is 5.75 Å². The fourth-order valence-corrected chi connectivity index (χ4v) is 3.85. The Labute approximate surface area is 156 Å². The molecule has 2 atom stereocenters. The molecule has 0 bridgehead atoms. The minimum Gasteiger partial charge on any atom is -0.481 e. The minimum absolute atomic E-state index is 0.0726. The van der Waals surface area contributed by atoms with Crippen molar-refractivity contribution >= 4 is 17.7 Å². The zero-order chi connectivity index (χ0) is 18.9. The highest BCUT2D eigenvalue weighted by molar-refractivity contribution is 5.92. The second kappa shape index (κ2) is 6.92. The van der Waals surface area contributed by atoms with Crippen molar-refractivity contribution in [2.75, 3.05) is 31.5 Å². The van der Waals surface area contributed by atoms with Gasteiger partial charge in [0.05, 0.1) is 5.69 Å². The molecular weight excluding hydrogens is 346 g/mol. The third kappa shape index (κ3) is 3.21. The molecule has 2 heterocycles. The number of urea groups is 1. The number of carboxylic acid groups (broad SMARTS) is 1. The van der Waals surface area contributed by atoms with Crippen LogP contribution in [0.1, 0.15) is 0 Å². The number of carbonyl (C=O) groups is 2. The van der Waals surface area contributed by atoms with Crippen LogP contribution in [0.4, 0.5) is 10.5 Å². The molecule has 2 aliphatic heterocycles. The molecule has 0 unspecified atom stereocenters. The van der Waals surface area contributed by atoms with Crippen LogP contribution in [0.5, 0.6) is 11.5 Å². The highest BCUT2D eigenvalue weighted by Crippen LogP contribution is 2.39. The molecule has 2 fully saturated rings. The first kappa shape index (κ1) is 17.4. The van der Waals surface area contributed by atoms with E-state index in [4.69, 9.17) is 4.74 Å². The van der Waals surface area contributed by atoms with Gasteiger partial charge >= 0.3 is 12.0 Å². The number of likely N-dealkylation sites (tertiary alicyclic amines) is 1. The number of amides is 2. The van der Waals surface area contributed by atoms with Crippen LogP contribution in [-0.4, -0.2) is 48.2 Å². The molecule has 7 nitrogen and oxygen atoms in total. The molecule has 3 N–H and O–H groups in total. The van der Waals surface area contributed by atoms with Crippen LogP contribution in [0.25, 0.3) is 0 Å². The van der Waals surface area contributed by atoms with E-state index >= 15 is 0 Å². The third-order valence-corrected chi connectivity index (χ3v) is 5.34. The molecule has 2 aromatic carbocycles. The van der Waals surface area contributed by atoms with E-state index in [1.54, 1.807) is 17.0 Å². The smallest absolute Gasteiger partial charge is 0.321 e. The number of hydrogen-bond donors (Lipinski definition) is 3. The average molecular weight is 367 g/mol. The first-order chi connectivity index (χ1) is 13.1. The largest absolute Gasteiger partial charge is 0.481 e. The summed E-state index contributed by atoms with van der Waals surface area (Å²) >= 11 is 0. The molecule has 0 radical (unpaired) electrons. The maximum atomic E-state index is 12.8. The van der Waals surface area contributed by atoms with Gasteiger partial charge < -0.3 is 25.4 Å². The van der Waals surface area contributed by atoms with E-state index in [0.29, 0.717) is 36.8 Å². The summed E-state index contributed by atoms with van der Waals surface area (Å²) in [5.41, 5.74) is -0.344. The number of carbonyl (C=O) groups excluding carboxylic acids is 1. The number of fused-ring (bicyclic) bond motifs is 1. The van der Waals surface area contributed by atoms with Gasteiger partial charge in [-0.1, -0.05) is 30.3 Å². The van der Waals surface area contributed by atoms with Crippen molar-refractivity contribution in [3.05, 3.63) is 54.6 Å². The highest BCUT2D eigenvalue weighted by atomic mass is 16.5. The van der Waals surface area contributed by atoms with Gasteiger partial charge in [-0.25, -0.2) is 4.79 Å². The molecule has 7 heteroatoms. The molecule has 0 saturated carbocycles. The summed E-state index contributed by atoms with van der Waals surface area (Å²) in [6.45, 7) is 1.63. The summed E-state index contributed by atoms with van der Waals surface area (Å²) in [6, 6.07) is 16.2. The number of ether oxygens (including phenoxy) is 1. The van der Waals surface area contributed by atoms with Crippen LogP contribution in [0.3, 0.4) is 0 Å². The Morgan fingerprint density at radius 1 is 1.15 bits per heavy atom. The van der Waals surface area contributed by atoms with Crippen LogP contribution < -0.4 is 15.4 Å². The van der Waals surface area contributed by atoms with Crippen molar-refractivity contribution in [1.29, 1.82) is 0 Å². The number of aliphatic carboxylic acids is 1. The Bertz CT molecular complexity index is 857. The SMILES string of the molecule is O=C(Nc1ccccc1Oc1ccccc1)N1C[C@@H]2CNC[C@]2(C(=O)O)C1. The van der Waals surface area contributed by atoms with Crippen molar-refractivity contribution < 1.29 is 19.4 Å². The second-order valence-electron chi connectivity index (χ2n) is 7.01. The van der Waals surface area contributed by atoms with Gasteiger partial charge in [0, 0.05) is 32.1 Å². The molecule has 0 spiro atoms. The zero-order valence-electron chi connectivity index (χ0n) is 14.7. The molecule has 2 aromatic rings. The molecule has 0 aliphatic carbocycles. The van der Waals surface area contributed by atoms with Gasteiger partial charge in [-0.15, -0.1) is 0 Å². The Balaban J connectivity index is 1.49. The Hall–Kier alpha value is -3.06. The quantitative estimate of drug-likeness (QED) is 0.773. The number of benzene rings is 2. The van der Waals surface area contributed by atoms with E-state index in [2.05, 4.69) is 10.6 Å². The molecule has 2 aliphatic rings. The van der Waals surface area contributed by atoms with E-state index in [9.17, 15) is 14.7 Å². The highest BCUT2D eigenvalue weighted by Gasteiger charge is 2.56. The van der Waals surface area contributed by atoms with E-state index in [0.717, 1.165) is 0 Å². The fraction of sp³-hybridized carbons (Fsp3) is 0.300. The van der Waals surface area contributed by atoms with Crippen LogP contribution >= 0.6 is 0 Å². The molecule has 140 valence electrons. The minimum atomic E-state index is -0.891. The predicted molar refractivity (Wildman–Crippen MR) is 100.0 cm³/mol. The number of anilines is 1. The summed E-state index contributed by atoms with van der Waals surface area (Å²) in [5, 5.41) is 15.7. The Kier molecular flexibility index (Phi) is 4.45. The number of nitrogens with zero attached hydrogens (tertiary/aromatic N) is 1. The van der Waals surface area contributed by atoms with E-state index in [1.165, 1.54) is 0 Å². The topological polar surface area (TPSA) is 90.9 Å². The molecule has 27 heavy (non-hydrogen) atoms. The van der Waals surface area contributed by atoms with E-state index in [-0.39, 0.29) is 18.5 Å². The number of carboxylic acids is 1. The fourth-order valence-electron chi connectivity index (χ4n) is 3.85. The summed E-state index contributed by atoms with van der Waals surface area (Å²) in [4.78, 5) is 26.1. The monoisotopic (exact) mass is 367 g/mol. The molecule has 4 rings (SSSR count). The zero-order valence-corrected chi connectivity index (χ0v) is 14.7. The molecule has 0 aromatic heterocycles. The van der Waals surface area contributed by atoms with Gasteiger partial charge in [-0.2, -0.15) is 0 Å². The van der Waals surface area contributed by atoms with Crippen LogP contribution in [0, 0.1) is 11.3 Å². The summed E-state index contributed by atoms with van der Waals surface area (Å²) < 4.78 is 5.87. The molecule has 2 saturated heterocycles. The average Bonchev–Trinajstić information content (AvgIpc) is 3.23. The first-order valence-corrected chi connectivity index (χ1v) is 8.90. The van der Waals surface area contributed by atoms with Gasteiger partial charge in [-0.3, -0.25) is 4.79 Å². The number of para-hydroxylation sites is 3. The third-order valence-electron chi connectivity index (χ3n) is 5.34. The van der Waals surface area contributed by atoms with Gasteiger partial charge in [-0.05, 0) is 24.3 Å². The summed E-state index contributed by atoms with van der Waals surface area (Å²) in [6.07, 6.45) is 0. The standard InChI is InChI=1S/C20H21N3O4/c24-18(25)20-12-21-10-14(20)11-23(13-20)19(26)22-16-8-4-5-9-17(16)27-15-6-2-1-3-7-15/h1-9,14,21H,10-13H2,(H,22,26)(H,24,25)/t14-,20-/m0/s1. The number of nitrogens with one attached hydrogen (secondary N) is 2. The van der Waals surface area contributed by atoms with Crippen molar-refractivity contribution in [1.82, 2.24) is 10.2 Å². The second-order valence-corrected chi connectivity index (χ2v) is 7.01. The normalized spacial score (nSPS) is 23.7. The van der Waals surface area contributed by atoms with Crippen molar-refractivity contribution in [3.8, 4) is 11.5 Å². The maximum Gasteiger partial charge on any atom is 0.321 e. The van der Waals surface area contributed by atoms with Gasteiger partial charge in [0.25, 0.3) is 0 Å². The number of hydrogen-bond acceptors (Lipinski definition) is 4. The molecular formula is C20H21N3O4. The van der Waals surface area contributed by atoms with Crippen molar-refractivity contribution in [3.63, 3.8) is 0 Å². The van der Waals surface area contributed by atoms with Crippen LogP contribution in [0.2, 0.25) is 0 Å². The first-order valence-electron chi connectivity index (χ1n) is 8.90. The Morgan fingerprint density at radius 3 is 2.63 bits per heavy atom. The molecule has 2 amide bonds. The number of rotatable bonds is 4. The van der Waals surface area contributed by atoms with Crippen LogP contribution in [-0.2, 0) is 4.79 Å². The maximum absolute atomic E-state index is 12.8. The lowest BCUT2D eigenvalue weighted by Crippen LogP contribution is -2.42. The van der Waals surface area contributed by atoms with Crippen molar-refractivity contribution in [2.24, 2.45) is 11.3 Å². The summed E-state index contributed by atoms with van der Waals surface area (Å²) in [7, 11) is 0. The summed E-state index contributed by atoms with van der Waals surface area (Å²) in [5.74, 6) is 0.286. The lowest BCUT2D eigenvalue weighted by Gasteiger charge is -2.23. The predicted octanol–water partition coefficient (Wildman–Crippen LogP) is 2.62. The van der Waals surface area contributed by atoms with Crippen LogP contribution in [0.15, 0.2) is 54.6 Å². The lowest BCUT2D eigenvalue weighted by molar-refractivity contribution is -0.148.